The Labute approximate surface area is 156 Å². The molecule has 4 rings (SSSR count). The fraction of sp³-hybridized carbons (Fsp3) is 0.474. The molecule has 2 saturated carbocycles. The lowest BCUT2D eigenvalue weighted by Gasteiger charge is -2.34. The van der Waals surface area contributed by atoms with Crippen molar-refractivity contribution >= 4 is 44.3 Å². The molecule has 5 heteroatoms. The highest BCUT2D eigenvalue weighted by Gasteiger charge is 2.59. The van der Waals surface area contributed by atoms with E-state index in [2.05, 4.69) is 64.8 Å². The van der Waals surface area contributed by atoms with Gasteiger partial charge in [0.15, 0.2) is 0 Å². The summed E-state index contributed by atoms with van der Waals surface area (Å²) in [4.78, 5) is 4.94. The van der Waals surface area contributed by atoms with Crippen LogP contribution in [0.2, 0.25) is 0 Å². The topological polar surface area (TPSA) is 36.8 Å². The van der Waals surface area contributed by atoms with Gasteiger partial charge in [0.2, 0.25) is 5.17 Å². The summed E-state index contributed by atoms with van der Waals surface area (Å²) in [7, 11) is 0. The van der Waals surface area contributed by atoms with E-state index >= 15 is 0 Å². The Morgan fingerprint density at radius 3 is 2.54 bits per heavy atom. The van der Waals surface area contributed by atoms with Gasteiger partial charge in [-0.25, -0.2) is 4.99 Å². The summed E-state index contributed by atoms with van der Waals surface area (Å²) in [6.07, 6.45) is 3.73. The van der Waals surface area contributed by atoms with Crippen LogP contribution < -0.4 is 5.43 Å². The van der Waals surface area contributed by atoms with Crippen molar-refractivity contribution in [2.45, 2.75) is 40.0 Å². The molecule has 1 aliphatic heterocycles. The monoisotopic (exact) mass is 403 g/mol. The average molecular weight is 404 g/mol. The minimum atomic E-state index is 0.233. The molecular formula is C19H22BrN3S. The first-order valence-electron chi connectivity index (χ1n) is 8.45. The molecule has 2 fully saturated rings. The molecule has 2 atom stereocenters. The van der Waals surface area contributed by atoms with Crippen molar-refractivity contribution in [2.24, 2.45) is 26.8 Å². The van der Waals surface area contributed by atoms with Gasteiger partial charge in [0.1, 0.15) is 0 Å². The maximum absolute atomic E-state index is 4.94. The average Bonchev–Trinajstić information content (AvgIpc) is 2.90. The van der Waals surface area contributed by atoms with Gasteiger partial charge in [-0.3, -0.25) is 5.43 Å². The van der Waals surface area contributed by atoms with Crippen LogP contribution in [0.4, 0.5) is 0 Å². The number of hydrogen-bond donors (Lipinski definition) is 1. The van der Waals surface area contributed by atoms with Crippen LogP contribution in [-0.4, -0.2) is 10.9 Å². The molecule has 1 aromatic carbocycles. The third-order valence-electron chi connectivity index (χ3n) is 6.45. The van der Waals surface area contributed by atoms with Gasteiger partial charge in [-0.1, -0.05) is 60.6 Å². The van der Waals surface area contributed by atoms with E-state index in [-0.39, 0.29) is 5.41 Å². The molecule has 1 heterocycles. The molecule has 0 amide bonds. The molecule has 0 radical (unpaired) electrons. The van der Waals surface area contributed by atoms with Gasteiger partial charge in [0.05, 0.1) is 5.70 Å². The Morgan fingerprint density at radius 1 is 1.25 bits per heavy atom. The molecule has 2 bridgehead atoms. The van der Waals surface area contributed by atoms with Crippen LogP contribution in [0.25, 0.3) is 5.70 Å². The largest absolute Gasteiger partial charge is 0.275 e. The highest BCUT2D eigenvalue weighted by atomic mass is 79.9. The molecule has 0 spiro atoms. The summed E-state index contributed by atoms with van der Waals surface area (Å²) in [6, 6.07) is 8.24. The lowest BCUT2D eigenvalue weighted by Crippen LogP contribution is -2.33. The second-order valence-electron chi connectivity index (χ2n) is 7.71. The van der Waals surface area contributed by atoms with Gasteiger partial charge in [-0.15, -0.1) is 5.10 Å². The first-order chi connectivity index (χ1) is 11.4. The lowest BCUT2D eigenvalue weighted by atomic mass is 9.70. The Kier molecular flexibility index (Phi) is 3.92. The summed E-state index contributed by atoms with van der Waals surface area (Å²) < 4.78 is 1.08. The first-order valence-corrected chi connectivity index (χ1v) is 10.1. The predicted molar refractivity (Wildman–Crippen MR) is 107 cm³/mol. The molecule has 1 N–H and O–H groups in total. The van der Waals surface area contributed by atoms with Gasteiger partial charge in [-0.2, -0.15) is 0 Å². The van der Waals surface area contributed by atoms with E-state index in [0.717, 1.165) is 33.2 Å². The Morgan fingerprint density at radius 2 is 2.00 bits per heavy atom. The van der Waals surface area contributed by atoms with Crippen molar-refractivity contribution in [1.82, 2.24) is 5.43 Å². The molecule has 126 valence electrons. The molecule has 2 unspecified atom stereocenters. The highest BCUT2D eigenvalue weighted by Crippen LogP contribution is 2.64. The van der Waals surface area contributed by atoms with Crippen molar-refractivity contribution in [1.29, 1.82) is 0 Å². The summed E-state index contributed by atoms with van der Waals surface area (Å²) >= 11 is 5.08. The number of nitrogens with one attached hydrogen (secondary N) is 1. The van der Waals surface area contributed by atoms with Crippen molar-refractivity contribution in [2.75, 3.05) is 0 Å². The standard InChI is InChI=1S/C19H22BrN3S/c1-18(2)13-8-9-19(18,3)16(10-13)21-17-23-22-15(11-24-17)12-4-6-14(20)7-5-12/h4-7,11,13,22H,8-10H2,1-3H3/b21-16+. The number of rotatable bonds is 1. The first kappa shape index (κ1) is 16.4. The second kappa shape index (κ2) is 5.73. The zero-order valence-corrected chi connectivity index (χ0v) is 16.7. The smallest absolute Gasteiger partial charge is 0.210 e. The van der Waals surface area contributed by atoms with Gasteiger partial charge in [-0.05, 0) is 42.7 Å². The SMILES string of the molecule is CC12CCC(C/C1=N\C1=NNC(c3ccc(Br)cc3)=CS1)C2(C)C. The van der Waals surface area contributed by atoms with Crippen LogP contribution in [0.1, 0.15) is 45.6 Å². The minimum Gasteiger partial charge on any atom is -0.275 e. The van der Waals surface area contributed by atoms with E-state index < -0.39 is 0 Å². The normalized spacial score (nSPS) is 32.5. The van der Waals surface area contributed by atoms with E-state index in [1.807, 2.05) is 12.1 Å². The molecule has 1 aromatic rings. The van der Waals surface area contributed by atoms with Crippen LogP contribution in [0.5, 0.6) is 0 Å². The third-order valence-corrected chi connectivity index (χ3v) is 7.73. The maximum Gasteiger partial charge on any atom is 0.210 e. The van der Waals surface area contributed by atoms with Crippen LogP contribution in [0, 0.1) is 16.7 Å². The number of nitrogens with zero attached hydrogens (tertiary/aromatic N) is 2. The van der Waals surface area contributed by atoms with Gasteiger partial charge in [0.25, 0.3) is 0 Å². The molecule has 3 aliphatic rings. The highest BCUT2D eigenvalue weighted by molar-refractivity contribution is 9.10. The number of hydrogen-bond acceptors (Lipinski definition) is 4. The van der Waals surface area contributed by atoms with Crippen LogP contribution in [-0.2, 0) is 0 Å². The Bertz CT molecular complexity index is 763. The summed E-state index contributed by atoms with van der Waals surface area (Å²) in [6.45, 7) is 7.21. The van der Waals surface area contributed by atoms with Crippen LogP contribution in [0.3, 0.4) is 0 Å². The molecule has 24 heavy (non-hydrogen) atoms. The molecule has 2 aliphatic carbocycles. The van der Waals surface area contributed by atoms with Gasteiger partial charge in [0, 0.05) is 26.6 Å². The van der Waals surface area contributed by atoms with E-state index in [9.17, 15) is 0 Å². The van der Waals surface area contributed by atoms with Gasteiger partial charge < -0.3 is 0 Å². The maximum atomic E-state index is 4.94. The number of fused-ring (bicyclic) bond motifs is 2. The zero-order valence-electron chi connectivity index (χ0n) is 14.3. The number of halogens is 1. The Hall–Kier alpha value is -1.07. The number of benzene rings is 1. The minimum absolute atomic E-state index is 0.233. The predicted octanol–water partition coefficient (Wildman–Crippen LogP) is 5.64. The fourth-order valence-electron chi connectivity index (χ4n) is 4.30. The van der Waals surface area contributed by atoms with Crippen LogP contribution in [0.15, 0.2) is 44.2 Å². The number of hydrazone groups is 1. The van der Waals surface area contributed by atoms with E-state index in [4.69, 9.17) is 4.99 Å². The van der Waals surface area contributed by atoms with Gasteiger partial charge >= 0.3 is 0 Å². The molecule has 0 saturated heterocycles. The number of aliphatic imine (C=N–C) groups is 1. The van der Waals surface area contributed by atoms with E-state index in [0.29, 0.717) is 5.41 Å². The van der Waals surface area contributed by atoms with Crippen molar-refractivity contribution in [3.8, 4) is 0 Å². The third kappa shape index (κ3) is 2.48. The molecule has 3 nitrogen and oxygen atoms in total. The fourth-order valence-corrected chi connectivity index (χ4v) is 5.24. The second-order valence-corrected chi connectivity index (χ2v) is 9.47. The van der Waals surface area contributed by atoms with Crippen LogP contribution >= 0.6 is 27.7 Å². The molecule has 0 aromatic heterocycles. The summed E-state index contributed by atoms with van der Waals surface area (Å²) in [5.41, 5.74) is 7.26. The van der Waals surface area contributed by atoms with E-state index in [1.165, 1.54) is 18.6 Å². The zero-order chi connectivity index (χ0) is 16.9. The van der Waals surface area contributed by atoms with Crippen molar-refractivity contribution in [3.05, 3.63) is 39.7 Å². The Balaban J connectivity index is 1.52. The summed E-state index contributed by atoms with van der Waals surface area (Å²) in [5.74, 6) is 0.775. The number of amidine groups is 1. The quantitative estimate of drug-likeness (QED) is 0.658. The summed E-state index contributed by atoms with van der Waals surface area (Å²) in [5, 5.41) is 7.43. The molecular weight excluding hydrogens is 382 g/mol. The lowest BCUT2D eigenvalue weighted by molar-refractivity contribution is 0.194. The number of thioether (sulfide) groups is 1. The van der Waals surface area contributed by atoms with Crippen molar-refractivity contribution in [3.63, 3.8) is 0 Å². The van der Waals surface area contributed by atoms with Crippen molar-refractivity contribution < 1.29 is 0 Å². The van der Waals surface area contributed by atoms with E-state index in [1.54, 1.807) is 11.8 Å².